The molecule has 1 aliphatic heterocycles. The maximum absolute atomic E-state index is 12.9. The van der Waals surface area contributed by atoms with Crippen LogP contribution in [0.1, 0.15) is 39.0 Å². The third kappa shape index (κ3) is 4.32. The molecule has 0 bridgehead atoms. The Morgan fingerprint density at radius 2 is 1.81 bits per heavy atom. The van der Waals surface area contributed by atoms with Gasteiger partial charge in [-0.15, -0.1) is 11.8 Å². The van der Waals surface area contributed by atoms with Gasteiger partial charge in [0.2, 0.25) is 17.7 Å². The van der Waals surface area contributed by atoms with E-state index in [1.54, 1.807) is 12.1 Å². The van der Waals surface area contributed by atoms with Gasteiger partial charge in [0.05, 0.1) is 5.75 Å². The molecule has 0 atom stereocenters. The number of carbonyl (C=O) groups is 4. The number of benzene rings is 1. The zero-order chi connectivity index (χ0) is 19.4. The van der Waals surface area contributed by atoms with Crippen molar-refractivity contribution in [2.75, 3.05) is 17.6 Å². The van der Waals surface area contributed by atoms with Crippen LogP contribution in [0.4, 0.5) is 5.69 Å². The van der Waals surface area contributed by atoms with Crippen molar-refractivity contribution in [2.24, 2.45) is 0 Å². The third-order valence-corrected chi connectivity index (χ3v) is 6.01. The minimum absolute atomic E-state index is 0.0629. The molecule has 1 aromatic carbocycles. The first-order valence-corrected chi connectivity index (χ1v) is 10.0. The number of rotatable bonds is 4. The van der Waals surface area contributed by atoms with Crippen LogP contribution in [0.2, 0.25) is 0 Å². The van der Waals surface area contributed by atoms with E-state index >= 15 is 0 Å². The SMILES string of the molecule is CC(=O)Nc1ccc(SCC(=O)N2CC(=O)NC(=O)C23CCCCC3)cc1. The summed E-state index contributed by atoms with van der Waals surface area (Å²) in [6, 6.07) is 7.20. The monoisotopic (exact) mass is 389 g/mol. The third-order valence-electron chi connectivity index (χ3n) is 5.01. The minimum atomic E-state index is -0.876. The molecule has 0 radical (unpaired) electrons. The molecule has 7 nitrogen and oxygen atoms in total. The Hall–Kier alpha value is -2.35. The van der Waals surface area contributed by atoms with E-state index in [1.165, 1.54) is 23.6 Å². The van der Waals surface area contributed by atoms with Gasteiger partial charge in [-0.05, 0) is 37.1 Å². The number of thioether (sulfide) groups is 1. The summed E-state index contributed by atoms with van der Waals surface area (Å²) in [5.41, 5.74) is -0.184. The Kier molecular flexibility index (Phi) is 5.84. The second kappa shape index (κ2) is 8.12. The molecule has 2 aliphatic rings. The lowest BCUT2D eigenvalue weighted by atomic mass is 9.78. The van der Waals surface area contributed by atoms with Gasteiger partial charge in [-0.1, -0.05) is 19.3 Å². The highest BCUT2D eigenvalue weighted by molar-refractivity contribution is 8.00. The largest absolute Gasteiger partial charge is 0.326 e. The van der Waals surface area contributed by atoms with E-state index in [1.807, 2.05) is 12.1 Å². The lowest BCUT2D eigenvalue weighted by Crippen LogP contribution is -2.69. The van der Waals surface area contributed by atoms with Crippen LogP contribution in [0.3, 0.4) is 0 Å². The standard InChI is InChI=1S/C19H23N3O4S/c1-13(23)20-14-5-7-15(8-6-14)27-12-17(25)22-11-16(24)21-18(26)19(22)9-3-2-4-10-19/h5-8H,2-4,9-12H2,1H3,(H,20,23)(H,21,24,26). The number of hydrogen-bond donors (Lipinski definition) is 2. The van der Waals surface area contributed by atoms with Gasteiger partial charge < -0.3 is 10.2 Å². The molecule has 1 saturated heterocycles. The number of hydrogen-bond acceptors (Lipinski definition) is 5. The van der Waals surface area contributed by atoms with Crippen LogP contribution in [0.5, 0.6) is 0 Å². The number of nitrogens with one attached hydrogen (secondary N) is 2. The summed E-state index contributed by atoms with van der Waals surface area (Å²) < 4.78 is 0. The Bertz CT molecular complexity index is 757. The maximum atomic E-state index is 12.9. The molecule has 1 heterocycles. The molecule has 3 rings (SSSR count). The summed E-state index contributed by atoms with van der Waals surface area (Å²) in [6.45, 7) is 1.38. The van der Waals surface area contributed by atoms with E-state index in [-0.39, 0.29) is 30.0 Å². The first-order chi connectivity index (χ1) is 12.9. The fraction of sp³-hybridized carbons (Fsp3) is 0.474. The van der Waals surface area contributed by atoms with Crippen LogP contribution in [-0.4, -0.2) is 46.4 Å². The minimum Gasteiger partial charge on any atom is -0.326 e. The molecule has 2 fully saturated rings. The van der Waals surface area contributed by atoms with Crippen molar-refractivity contribution < 1.29 is 19.2 Å². The molecule has 8 heteroatoms. The summed E-state index contributed by atoms with van der Waals surface area (Å²) >= 11 is 1.35. The van der Waals surface area contributed by atoms with E-state index in [9.17, 15) is 19.2 Å². The van der Waals surface area contributed by atoms with Crippen molar-refractivity contribution >= 4 is 41.1 Å². The van der Waals surface area contributed by atoms with E-state index in [2.05, 4.69) is 10.6 Å². The maximum Gasteiger partial charge on any atom is 0.252 e. The van der Waals surface area contributed by atoms with E-state index in [0.717, 1.165) is 24.2 Å². The van der Waals surface area contributed by atoms with Crippen LogP contribution in [0, 0.1) is 0 Å². The van der Waals surface area contributed by atoms with Gasteiger partial charge in [-0.3, -0.25) is 24.5 Å². The number of piperazine rings is 1. The van der Waals surface area contributed by atoms with Gasteiger partial charge >= 0.3 is 0 Å². The fourth-order valence-electron chi connectivity index (χ4n) is 3.72. The molecule has 0 aromatic heterocycles. The highest BCUT2D eigenvalue weighted by Crippen LogP contribution is 2.36. The quantitative estimate of drug-likeness (QED) is 0.606. The number of nitrogens with zero attached hydrogens (tertiary/aromatic N) is 1. The summed E-state index contributed by atoms with van der Waals surface area (Å²) in [6.07, 6.45) is 4.01. The average molecular weight is 389 g/mol. The van der Waals surface area contributed by atoms with Crippen molar-refractivity contribution in [3.05, 3.63) is 24.3 Å². The zero-order valence-corrected chi connectivity index (χ0v) is 16.1. The highest BCUT2D eigenvalue weighted by atomic mass is 32.2. The lowest BCUT2D eigenvalue weighted by molar-refractivity contribution is -0.158. The van der Waals surface area contributed by atoms with Crippen molar-refractivity contribution in [3.63, 3.8) is 0 Å². The smallest absolute Gasteiger partial charge is 0.252 e. The second-order valence-electron chi connectivity index (χ2n) is 6.94. The summed E-state index contributed by atoms with van der Waals surface area (Å²) in [5.74, 6) is -0.944. The fourth-order valence-corrected chi connectivity index (χ4v) is 4.50. The van der Waals surface area contributed by atoms with Gasteiger partial charge in [0.15, 0.2) is 0 Å². The van der Waals surface area contributed by atoms with Crippen molar-refractivity contribution in [1.29, 1.82) is 0 Å². The topological polar surface area (TPSA) is 95.6 Å². The van der Waals surface area contributed by atoms with Crippen LogP contribution >= 0.6 is 11.8 Å². The molecule has 144 valence electrons. The predicted octanol–water partition coefficient (Wildman–Crippen LogP) is 1.92. The molecular formula is C19H23N3O4S. The first kappa shape index (κ1) is 19.4. The van der Waals surface area contributed by atoms with Gasteiger partial charge in [0, 0.05) is 17.5 Å². The van der Waals surface area contributed by atoms with Gasteiger partial charge in [0.1, 0.15) is 12.1 Å². The molecular weight excluding hydrogens is 366 g/mol. The van der Waals surface area contributed by atoms with E-state index < -0.39 is 11.4 Å². The van der Waals surface area contributed by atoms with Crippen LogP contribution in [0.15, 0.2) is 29.2 Å². The molecule has 1 saturated carbocycles. The average Bonchev–Trinajstić information content (AvgIpc) is 2.64. The molecule has 0 unspecified atom stereocenters. The molecule has 1 spiro atoms. The second-order valence-corrected chi connectivity index (χ2v) is 7.99. The Balaban J connectivity index is 1.67. The van der Waals surface area contributed by atoms with Crippen LogP contribution < -0.4 is 10.6 Å². The van der Waals surface area contributed by atoms with Crippen molar-refractivity contribution in [3.8, 4) is 0 Å². The normalized spacial score (nSPS) is 18.9. The lowest BCUT2D eigenvalue weighted by Gasteiger charge is -2.47. The number of imide groups is 1. The summed E-state index contributed by atoms with van der Waals surface area (Å²) in [5, 5.41) is 5.10. The first-order valence-electron chi connectivity index (χ1n) is 9.06. The van der Waals surface area contributed by atoms with Crippen LogP contribution in [-0.2, 0) is 19.2 Å². The predicted molar refractivity (Wildman–Crippen MR) is 102 cm³/mol. The van der Waals surface area contributed by atoms with E-state index in [0.29, 0.717) is 18.5 Å². The van der Waals surface area contributed by atoms with Gasteiger partial charge in [-0.25, -0.2) is 0 Å². The molecule has 4 amide bonds. The highest BCUT2D eigenvalue weighted by Gasteiger charge is 2.50. The Morgan fingerprint density at radius 3 is 2.44 bits per heavy atom. The molecule has 2 N–H and O–H groups in total. The molecule has 27 heavy (non-hydrogen) atoms. The summed E-state index contributed by atoms with van der Waals surface area (Å²) in [4.78, 5) is 50.7. The van der Waals surface area contributed by atoms with Gasteiger partial charge in [-0.2, -0.15) is 0 Å². The van der Waals surface area contributed by atoms with Crippen molar-refractivity contribution in [2.45, 2.75) is 49.5 Å². The number of carbonyl (C=O) groups excluding carboxylic acids is 4. The van der Waals surface area contributed by atoms with Gasteiger partial charge in [0.25, 0.3) is 5.91 Å². The Morgan fingerprint density at radius 1 is 1.15 bits per heavy atom. The van der Waals surface area contributed by atoms with Crippen LogP contribution in [0.25, 0.3) is 0 Å². The Labute approximate surface area is 162 Å². The number of amides is 4. The van der Waals surface area contributed by atoms with E-state index in [4.69, 9.17) is 0 Å². The summed E-state index contributed by atoms with van der Waals surface area (Å²) in [7, 11) is 0. The molecule has 1 aromatic rings. The zero-order valence-electron chi connectivity index (χ0n) is 15.2. The number of anilines is 1. The van der Waals surface area contributed by atoms with Crippen molar-refractivity contribution in [1.82, 2.24) is 10.2 Å². The molecule has 1 aliphatic carbocycles.